The Morgan fingerprint density at radius 3 is 2.32 bits per heavy atom. The second-order valence-electron chi connectivity index (χ2n) is 8.80. The second-order valence-corrected chi connectivity index (χ2v) is 9.72. The molecule has 0 aliphatic carbocycles. The quantitative estimate of drug-likeness (QED) is 0.334. The van der Waals surface area contributed by atoms with Crippen LogP contribution in [0.1, 0.15) is 58.9 Å². The van der Waals surface area contributed by atoms with Gasteiger partial charge in [-0.25, -0.2) is 4.98 Å². The number of nitrogen functional groups attached to an aromatic ring is 1. The number of carbonyl (C=O) groups is 1. The smallest absolute Gasteiger partial charge is 0.293 e. The molecule has 0 saturated carbocycles. The van der Waals surface area contributed by atoms with Crippen molar-refractivity contribution in [3.63, 3.8) is 0 Å². The van der Waals surface area contributed by atoms with E-state index in [0.717, 1.165) is 50.9 Å². The number of hydrogen-bond donors (Lipinski definition) is 2. The molecule has 0 radical (unpaired) electrons. The number of anilines is 2. The number of nitrogens with zero attached hydrogens (tertiary/aromatic N) is 4. The van der Waals surface area contributed by atoms with Gasteiger partial charge in [-0.05, 0) is 68.6 Å². The number of benzene rings is 1. The van der Waals surface area contributed by atoms with Gasteiger partial charge in [-0.3, -0.25) is 19.8 Å². The van der Waals surface area contributed by atoms with E-state index in [-0.39, 0.29) is 28.5 Å². The molecule has 2 saturated heterocycles. The summed E-state index contributed by atoms with van der Waals surface area (Å²) < 4.78 is 0.677. The van der Waals surface area contributed by atoms with Crippen molar-refractivity contribution in [1.29, 1.82) is 0 Å². The summed E-state index contributed by atoms with van der Waals surface area (Å²) in [6.45, 7) is 12.0. The first-order chi connectivity index (χ1) is 17.9. The molecule has 3 N–H and O–H groups in total. The molecule has 1 amide bonds. The number of nitro benzene ring substituents is 1. The molecule has 2 aliphatic heterocycles. The number of aromatic nitrogens is 1. The topological polar surface area (TPSA) is 118 Å². The van der Waals surface area contributed by atoms with Crippen molar-refractivity contribution < 1.29 is 9.72 Å². The average Bonchev–Trinajstić information content (AvgIpc) is 2.92. The molecule has 2 aliphatic rings. The van der Waals surface area contributed by atoms with Crippen LogP contribution in [0.25, 0.3) is 0 Å². The molecule has 0 bridgehead atoms. The highest BCUT2D eigenvalue weighted by Gasteiger charge is 2.31. The van der Waals surface area contributed by atoms with E-state index in [4.69, 9.17) is 5.73 Å². The largest absolute Gasteiger partial charge is 0.384 e. The van der Waals surface area contributed by atoms with Crippen LogP contribution >= 0.6 is 15.9 Å². The Morgan fingerprint density at radius 2 is 1.73 bits per heavy atom. The fourth-order valence-electron chi connectivity index (χ4n) is 4.69. The third-order valence-corrected chi connectivity index (χ3v) is 7.00. The van der Waals surface area contributed by atoms with E-state index < -0.39 is 0 Å². The molecule has 2 fully saturated rings. The Bertz CT molecular complexity index is 1010. The summed E-state index contributed by atoms with van der Waals surface area (Å²) >= 11 is 3.29. The standard InChI is InChI=1S/C23H29BrN6O3.2C2H6/c24-18-1-2-20(21(14-18)30(32)33)27-19-6-11-29(12-7-19)23(31)17-4-9-28(10-5-17)15-16-3-8-26-22(25)13-16;2*1-2/h1-3,8,13-14,17,19,27H,4-7,9-12,15H2,(H2,25,26);2*1-2H3. The zero-order valence-corrected chi connectivity index (χ0v) is 24.0. The fraction of sp³-hybridized carbons (Fsp3) is 0.556. The van der Waals surface area contributed by atoms with Gasteiger partial charge < -0.3 is 16.0 Å². The summed E-state index contributed by atoms with van der Waals surface area (Å²) in [5.41, 5.74) is 7.50. The predicted octanol–water partition coefficient (Wildman–Crippen LogP) is 5.70. The van der Waals surface area contributed by atoms with Crippen molar-refractivity contribution in [2.24, 2.45) is 5.92 Å². The fourth-order valence-corrected chi connectivity index (χ4v) is 5.04. The van der Waals surface area contributed by atoms with Gasteiger partial charge in [-0.15, -0.1) is 0 Å². The van der Waals surface area contributed by atoms with Crippen LogP contribution in [0.5, 0.6) is 0 Å². The summed E-state index contributed by atoms with van der Waals surface area (Å²) in [5.74, 6) is 0.849. The molecule has 10 heteroatoms. The minimum atomic E-state index is -0.373. The highest BCUT2D eigenvalue weighted by atomic mass is 79.9. The SMILES string of the molecule is CC.CC.Nc1cc(CN2CCC(C(=O)N3CCC(Nc4ccc(Br)cc4[N+](=O)[O-])CC3)CC2)ccn1. The minimum absolute atomic E-state index is 0.0593. The predicted molar refractivity (Wildman–Crippen MR) is 153 cm³/mol. The van der Waals surface area contributed by atoms with Crippen molar-refractivity contribution in [3.8, 4) is 0 Å². The molecular formula is C27H41BrN6O3. The molecule has 0 atom stereocenters. The molecule has 2 aromatic rings. The van der Waals surface area contributed by atoms with Gasteiger partial charge >= 0.3 is 0 Å². The van der Waals surface area contributed by atoms with Crippen LogP contribution in [-0.2, 0) is 11.3 Å². The highest BCUT2D eigenvalue weighted by Crippen LogP contribution is 2.30. The van der Waals surface area contributed by atoms with E-state index in [1.54, 1.807) is 18.3 Å². The molecule has 1 aromatic carbocycles. The van der Waals surface area contributed by atoms with E-state index in [2.05, 4.69) is 31.1 Å². The van der Waals surface area contributed by atoms with E-state index in [9.17, 15) is 14.9 Å². The molecule has 0 unspecified atom stereocenters. The van der Waals surface area contributed by atoms with Crippen molar-refractivity contribution in [2.45, 2.75) is 66.0 Å². The molecule has 1 aromatic heterocycles. The number of amides is 1. The number of nitrogens with one attached hydrogen (secondary N) is 1. The van der Waals surface area contributed by atoms with Crippen LogP contribution < -0.4 is 11.1 Å². The number of rotatable bonds is 6. The van der Waals surface area contributed by atoms with Gasteiger partial charge in [0.15, 0.2) is 0 Å². The van der Waals surface area contributed by atoms with E-state index in [1.165, 1.54) is 6.07 Å². The van der Waals surface area contributed by atoms with Crippen LogP contribution in [-0.4, -0.2) is 57.8 Å². The lowest BCUT2D eigenvalue weighted by molar-refractivity contribution is -0.384. The molecule has 4 rings (SSSR count). The van der Waals surface area contributed by atoms with Crippen LogP contribution in [0.15, 0.2) is 41.0 Å². The first kappa shape index (κ1) is 30.5. The Kier molecular flexibility index (Phi) is 12.8. The van der Waals surface area contributed by atoms with Crippen LogP contribution in [0.3, 0.4) is 0 Å². The zero-order valence-electron chi connectivity index (χ0n) is 22.5. The van der Waals surface area contributed by atoms with Gasteiger partial charge in [0, 0.05) is 48.3 Å². The lowest BCUT2D eigenvalue weighted by Crippen LogP contribution is -2.47. The number of pyridine rings is 1. The summed E-state index contributed by atoms with van der Waals surface area (Å²) in [5, 5.41) is 14.7. The number of carbonyl (C=O) groups excluding carboxylic acids is 1. The van der Waals surface area contributed by atoms with Gasteiger partial charge in [0.25, 0.3) is 5.69 Å². The third-order valence-electron chi connectivity index (χ3n) is 6.51. The number of halogens is 1. The van der Waals surface area contributed by atoms with Gasteiger partial charge in [-0.1, -0.05) is 43.6 Å². The lowest BCUT2D eigenvalue weighted by Gasteiger charge is -2.37. The third kappa shape index (κ3) is 8.96. The maximum atomic E-state index is 13.1. The molecule has 37 heavy (non-hydrogen) atoms. The number of likely N-dealkylation sites (tertiary alicyclic amines) is 2. The lowest BCUT2D eigenvalue weighted by atomic mass is 9.93. The summed E-state index contributed by atoms with van der Waals surface area (Å²) in [6.07, 6.45) is 5.02. The maximum Gasteiger partial charge on any atom is 0.293 e. The molecule has 3 heterocycles. The van der Waals surface area contributed by atoms with Gasteiger partial charge in [0.2, 0.25) is 5.91 Å². The van der Waals surface area contributed by atoms with E-state index in [0.29, 0.717) is 29.1 Å². The molecular weight excluding hydrogens is 536 g/mol. The van der Waals surface area contributed by atoms with Crippen LogP contribution in [0.2, 0.25) is 0 Å². The van der Waals surface area contributed by atoms with Gasteiger partial charge in [0.05, 0.1) is 4.92 Å². The first-order valence-corrected chi connectivity index (χ1v) is 14.1. The number of piperidine rings is 2. The minimum Gasteiger partial charge on any atom is -0.384 e. The molecule has 0 spiro atoms. The number of nitro groups is 1. The summed E-state index contributed by atoms with van der Waals surface area (Å²) in [6, 6.07) is 9.03. The molecule has 9 nitrogen and oxygen atoms in total. The number of nitrogens with two attached hydrogens (primary N) is 1. The highest BCUT2D eigenvalue weighted by molar-refractivity contribution is 9.10. The van der Waals surface area contributed by atoms with Crippen LogP contribution in [0.4, 0.5) is 17.2 Å². The van der Waals surface area contributed by atoms with Crippen molar-refractivity contribution in [1.82, 2.24) is 14.8 Å². The monoisotopic (exact) mass is 576 g/mol. The summed E-state index contributed by atoms with van der Waals surface area (Å²) in [7, 11) is 0. The number of hydrogen-bond acceptors (Lipinski definition) is 7. The Morgan fingerprint density at radius 1 is 1.08 bits per heavy atom. The van der Waals surface area contributed by atoms with E-state index >= 15 is 0 Å². The van der Waals surface area contributed by atoms with Gasteiger partial charge in [0.1, 0.15) is 11.5 Å². The Hall–Kier alpha value is -2.72. The molecule has 204 valence electrons. The Labute approximate surface area is 229 Å². The van der Waals surface area contributed by atoms with Crippen molar-refractivity contribution in [2.75, 3.05) is 37.2 Å². The summed E-state index contributed by atoms with van der Waals surface area (Å²) in [4.78, 5) is 32.4. The second kappa shape index (κ2) is 15.5. The van der Waals surface area contributed by atoms with Crippen LogP contribution in [0, 0.1) is 16.0 Å². The maximum absolute atomic E-state index is 13.1. The van der Waals surface area contributed by atoms with E-state index in [1.807, 2.05) is 44.7 Å². The first-order valence-electron chi connectivity index (χ1n) is 13.3. The van der Waals surface area contributed by atoms with Crippen molar-refractivity contribution >= 4 is 39.0 Å². The Balaban J connectivity index is 0.00000115. The zero-order chi connectivity index (χ0) is 27.4. The van der Waals surface area contributed by atoms with Gasteiger partial charge in [-0.2, -0.15) is 0 Å². The van der Waals surface area contributed by atoms with Crippen molar-refractivity contribution in [3.05, 3.63) is 56.7 Å². The normalized spacial score (nSPS) is 16.6. The average molecular weight is 578 g/mol.